The van der Waals surface area contributed by atoms with Crippen molar-refractivity contribution in [3.8, 4) is 0 Å². The van der Waals surface area contributed by atoms with Crippen LogP contribution in [0, 0.1) is 6.92 Å². The lowest BCUT2D eigenvalue weighted by Crippen LogP contribution is -2.33. The van der Waals surface area contributed by atoms with Crippen molar-refractivity contribution in [1.29, 1.82) is 0 Å². The molecule has 0 bridgehead atoms. The first-order valence-electron chi connectivity index (χ1n) is 9.15. The summed E-state index contributed by atoms with van der Waals surface area (Å²) in [6.45, 7) is 4.87. The summed E-state index contributed by atoms with van der Waals surface area (Å²) in [7, 11) is 0. The van der Waals surface area contributed by atoms with Crippen LogP contribution >= 0.6 is 0 Å². The molecule has 3 aromatic rings. The standard InChI is InChI=1S/C18H22N6O/c1-12-9-15(22-25-12)11-23-7-5-13(6-8-23)18-20-19-17-10-14-3-2-4-16(14)21-24(17)18/h9-10,13H,2-8,11H2,1H3. The minimum absolute atomic E-state index is 0.428. The largest absolute Gasteiger partial charge is 0.361 e. The SMILES string of the molecule is Cc1cc(CN2CCC(c3nnc4cc5c(nn34)CCC5)CC2)no1. The fraction of sp³-hybridized carbons (Fsp3) is 0.556. The fourth-order valence-electron chi connectivity index (χ4n) is 4.12. The fourth-order valence-corrected chi connectivity index (χ4v) is 4.12. The summed E-state index contributed by atoms with van der Waals surface area (Å²) in [5, 5.41) is 17.8. The second kappa shape index (κ2) is 5.91. The van der Waals surface area contributed by atoms with Crippen molar-refractivity contribution in [3.05, 3.63) is 40.7 Å². The van der Waals surface area contributed by atoms with Crippen molar-refractivity contribution in [2.24, 2.45) is 0 Å². The lowest BCUT2D eigenvalue weighted by atomic mass is 9.96. The van der Waals surface area contributed by atoms with Crippen molar-refractivity contribution in [3.63, 3.8) is 0 Å². The summed E-state index contributed by atoms with van der Waals surface area (Å²) < 4.78 is 7.16. The van der Waals surface area contributed by atoms with Gasteiger partial charge in [0.15, 0.2) is 11.5 Å². The van der Waals surface area contributed by atoms with E-state index >= 15 is 0 Å². The van der Waals surface area contributed by atoms with Crippen LogP contribution < -0.4 is 0 Å². The number of rotatable bonds is 3. The van der Waals surface area contributed by atoms with Gasteiger partial charge in [-0.25, -0.2) is 0 Å². The van der Waals surface area contributed by atoms with E-state index in [0.717, 1.165) is 68.2 Å². The molecule has 1 aliphatic heterocycles. The van der Waals surface area contributed by atoms with Crippen LogP contribution in [0.1, 0.15) is 53.7 Å². The summed E-state index contributed by atoms with van der Waals surface area (Å²) in [6, 6.07) is 4.19. The van der Waals surface area contributed by atoms with Gasteiger partial charge in [0.2, 0.25) is 0 Å². The predicted octanol–water partition coefficient (Wildman–Crippen LogP) is 2.29. The van der Waals surface area contributed by atoms with Crippen LogP contribution in [0.5, 0.6) is 0 Å². The molecule has 0 amide bonds. The summed E-state index contributed by atoms with van der Waals surface area (Å²) in [4.78, 5) is 2.43. The molecule has 0 unspecified atom stereocenters. The average molecular weight is 338 g/mol. The Kier molecular flexibility index (Phi) is 3.55. The van der Waals surface area contributed by atoms with Gasteiger partial charge in [-0.05, 0) is 63.7 Å². The third-order valence-corrected chi connectivity index (χ3v) is 5.46. The Balaban J connectivity index is 1.31. The number of piperidine rings is 1. The monoisotopic (exact) mass is 338 g/mol. The van der Waals surface area contributed by atoms with Gasteiger partial charge in [-0.2, -0.15) is 9.61 Å². The first-order chi connectivity index (χ1) is 12.3. The molecular formula is C18H22N6O. The lowest BCUT2D eigenvalue weighted by Gasteiger charge is -2.30. The average Bonchev–Trinajstić information content (AvgIpc) is 3.33. The third-order valence-electron chi connectivity index (χ3n) is 5.46. The van der Waals surface area contributed by atoms with Gasteiger partial charge in [0, 0.05) is 18.5 Å². The highest BCUT2D eigenvalue weighted by Crippen LogP contribution is 2.29. The van der Waals surface area contributed by atoms with Crippen LogP contribution in [0.2, 0.25) is 0 Å². The minimum atomic E-state index is 0.428. The Morgan fingerprint density at radius 3 is 2.84 bits per heavy atom. The summed E-state index contributed by atoms with van der Waals surface area (Å²) in [5.41, 5.74) is 4.49. The number of nitrogens with zero attached hydrogens (tertiary/aromatic N) is 6. The molecule has 1 aliphatic carbocycles. The van der Waals surface area contributed by atoms with E-state index in [1.165, 1.54) is 17.7 Å². The Morgan fingerprint density at radius 1 is 1.16 bits per heavy atom. The summed E-state index contributed by atoms with van der Waals surface area (Å²) >= 11 is 0. The predicted molar refractivity (Wildman–Crippen MR) is 91.3 cm³/mol. The highest BCUT2D eigenvalue weighted by molar-refractivity contribution is 5.43. The molecule has 7 nitrogen and oxygen atoms in total. The maximum atomic E-state index is 5.16. The molecule has 3 aromatic heterocycles. The van der Waals surface area contributed by atoms with Crippen LogP contribution in [0.4, 0.5) is 0 Å². The molecular weight excluding hydrogens is 316 g/mol. The van der Waals surface area contributed by atoms with E-state index < -0.39 is 0 Å². The number of likely N-dealkylation sites (tertiary alicyclic amines) is 1. The Labute approximate surface area is 146 Å². The zero-order chi connectivity index (χ0) is 16.8. The van der Waals surface area contributed by atoms with E-state index in [9.17, 15) is 0 Å². The van der Waals surface area contributed by atoms with E-state index in [0.29, 0.717) is 5.92 Å². The van der Waals surface area contributed by atoms with Crippen molar-refractivity contribution >= 4 is 5.65 Å². The molecule has 7 heteroatoms. The van der Waals surface area contributed by atoms with Crippen LogP contribution in [-0.4, -0.2) is 43.0 Å². The number of fused-ring (bicyclic) bond motifs is 2. The van der Waals surface area contributed by atoms with Crippen molar-refractivity contribution in [2.45, 2.75) is 51.5 Å². The number of aryl methyl sites for hydroxylation is 3. The van der Waals surface area contributed by atoms with Gasteiger partial charge in [-0.3, -0.25) is 4.90 Å². The van der Waals surface area contributed by atoms with Crippen LogP contribution in [0.3, 0.4) is 0 Å². The van der Waals surface area contributed by atoms with Gasteiger partial charge < -0.3 is 4.52 Å². The topological polar surface area (TPSA) is 72.4 Å². The summed E-state index contributed by atoms with van der Waals surface area (Å²) in [6.07, 6.45) is 5.57. The van der Waals surface area contributed by atoms with Crippen molar-refractivity contribution < 1.29 is 4.52 Å². The van der Waals surface area contributed by atoms with Crippen LogP contribution in [0.25, 0.3) is 5.65 Å². The number of hydrogen-bond acceptors (Lipinski definition) is 6. The van der Waals surface area contributed by atoms with E-state index in [-0.39, 0.29) is 0 Å². The first-order valence-corrected chi connectivity index (χ1v) is 9.15. The molecule has 0 spiro atoms. The molecule has 130 valence electrons. The van der Waals surface area contributed by atoms with Gasteiger partial charge in [0.05, 0.1) is 11.4 Å². The molecule has 1 saturated heterocycles. The molecule has 0 radical (unpaired) electrons. The maximum absolute atomic E-state index is 5.16. The second-order valence-corrected chi connectivity index (χ2v) is 7.28. The molecule has 1 fully saturated rings. The van der Waals surface area contributed by atoms with Crippen molar-refractivity contribution in [1.82, 2.24) is 29.9 Å². The zero-order valence-electron chi connectivity index (χ0n) is 14.5. The third kappa shape index (κ3) is 2.72. The van der Waals surface area contributed by atoms with E-state index in [1.54, 1.807) is 0 Å². The Hall–Kier alpha value is -2.28. The smallest absolute Gasteiger partial charge is 0.178 e. The van der Waals surface area contributed by atoms with Crippen LogP contribution in [-0.2, 0) is 19.4 Å². The highest BCUT2D eigenvalue weighted by atomic mass is 16.5. The van der Waals surface area contributed by atoms with E-state index in [2.05, 4.69) is 26.3 Å². The number of aromatic nitrogens is 5. The van der Waals surface area contributed by atoms with Crippen molar-refractivity contribution in [2.75, 3.05) is 13.1 Å². The molecule has 2 aliphatic rings. The molecule has 0 atom stereocenters. The second-order valence-electron chi connectivity index (χ2n) is 7.28. The first kappa shape index (κ1) is 15.0. The Morgan fingerprint density at radius 2 is 2.04 bits per heavy atom. The summed E-state index contributed by atoms with van der Waals surface area (Å²) in [5.74, 6) is 2.33. The van der Waals surface area contributed by atoms with E-state index in [1.807, 2.05) is 17.5 Å². The van der Waals surface area contributed by atoms with Gasteiger partial charge >= 0.3 is 0 Å². The van der Waals surface area contributed by atoms with Crippen LogP contribution in [0.15, 0.2) is 16.7 Å². The molecule has 0 aromatic carbocycles. The van der Waals surface area contributed by atoms with Gasteiger partial charge in [-0.15, -0.1) is 10.2 Å². The Bertz CT molecular complexity index is 906. The minimum Gasteiger partial charge on any atom is -0.361 e. The van der Waals surface area contributed by atoms with Gasteiger partial charge in [-0.1, -0.05) is 5.16 Å². The molecule has 0 N–H and O–H groups in total. The molecule has 4 heterocycles. The highest BCUT2D eigenvalue weighted by Gasteiger charge is 2.26. The maximum Gasteiger partial charge on any atom is 0.178 e. The molecule has 25 heavy (non-hydrogen) atoms. The van der Waals surface area contributed by atoms with E-state index in [4.69, 9.17) is 9.62 Å². The van der Waals surface area contributed by atoms with Gasteiger partial charge in [0.1, 0.15) is 5.76 Å². The normalized spacial score (nSPS) is 18.9. The zero-order valence-corrected chi connectivity index (χ0v) is 14.5. The lowest BCUT2D eigenvalue weighted by molar-refractivity contribution is 0.196. The number of hydrogen-bond donors (Lipinski definition) is 0. The quantitative estimate of drug-likeness (QED) is 0.729. The molecule has 5 rings (SSSR count). The van der Waals surface area contributed by atoms with Gasteiger partial charge in [0.25, 0.3) is 0 Å². The molecule has 0 saturated carbocycles.